The van der Waals surface area contributed by atoms with Gasteiger partial charge in [-0.05, 0) is 61.5 Å². The molecule has 0 amide bonds. The zero-order chi connectivity index (χ0) is 21.6. The fourth-order valence-corrected chi connectivity index (χ4v) is 7.59. The molecule has 0 radical (unpaired) electrons. The van der Waals surface area contributed by atoms with Crippen LogP contribution in [0.3, 0.4) is 0 Å². The summed E-state index contributed by atoms with van der Waals surface area (Å²) in [4.78, 5) is 0. The first-order chi connectivity index (χ1) is 14.3. The zero-order valence-electron chi connectivity index (χ0n) is 18.2. The first-order valence-electron chi connectivity index (χ1n) is 11.9. The Hall–Kier alpha value is -1.04. The van der Waals surface area contributed by atoms with Crippen LogP contribution in [0, 0.1) is 29.5 Å². The van der Waals surface area contributed by atoms with E-state index in [9.17, 15) is 17.6 Å². The molecule has 0 aromatic heterocycles. The van der Waals surface area contributed by atoms with Gasteiger partial charge in [-0.3, -0.25) is 0 Å². The molecule has 2 aliphatic rings. The van der Waals surface area contributed by atoms with Crippen molar-refractivity contribution < 1.29 is 22.3 Å². The average molecular weight is 445 g/mol. The molecular formula is C24H36F4OSi. The first-order valence-corrected chi connectivity index (χ1v) is 13.6. The Morgan fingerprint density at radius 3 is 2.07 bits per heavy atom. The Morgan fingerprint density at radius 2 is 1.53 bits per heavy atom. The SMILES string of the molecule is CCCC[C@H]1CC[C@H]([C@H]2CC[C@H](C[SiH2]c3ccc(OC(F)(F)F)c(F)c3)CC2)CC1. The van der Waals surface area contributed by atoms with Crippen LogP contribution < -0.4 is 9.92 Å². The van der Waals surface area contributed by atoms with Crippen molar-refractivity contribution in [2.24, 2.45) is 23.7 Å². The highest BCUT2D eigenvalue weighted by atomic mass is 28.2. The number of halogens is 4. The molecule has 3 rings (SSSR count). The lowest BCUT2D eigenvalue weighted by Crippen LogP contribution is -2.27. The summed E-state index contributed by atoms with van der Waals surface area (Å²) in [5.41, 5.74) is 0. The third-order valence-corrected chi connectivity index (χ3v) is 9.60. The lowest BCUT2D eigenvalue weighted by Gasteiger charge is -2.38. The van der Waals surface area contributed by atoms with Gasteiger partial charge in [0.2, 0.25) is 0 Å². The van der Waals surface area contributed by atoms with E-state index in [1.54, 1.807) is 6.07 Å². The van der Waals surface area contributed by atoms with Crippen LogP contribution >= 0.6 is 0 Å². The molecule has 2 saturated carbocycles. The van der Waals surface area contributed by atoms with Gasteiger partial charge in [0, 0.05) is 0 Å². The minimum atomic E-state index is -4.85. The molecule has 2 aliphatic carbocycles. The molecule has 30 heavy (non-hydrogen) atoms. The molecule has 0 N–H and O–H groups in total. The first kappa shape index (κ1) is 23.6. The van der Waals surface area contributed by atoms with Gasteiger partial charge in [0.15, 0.2) is 11.6 Å². The van der Waals surface area contributed by atoms with Gasteiger partial charge in [-0.25, -0.2) is 4.39 Å². The molecule has 0 aliphatic heterocycles. The van der Waals surface area contributed by atoms with Gasteiger partial charge in [-0.1, -0.05) is 69.2 Å². The van der Waals surface area contributed by atoms with E-state index in [4.69, 9.17) is 0 Å². The van der Waals surface area contributed by atoms with E-state index < -0.39 is 27.4 Å². The Bertz CT molecular complexity index is 647. The molecule has 0 saturated heterocycles. The molecule has 6 heteroatoms. The third kappa shape index (κ3) is 7.28. The fraction of sp³-hybridized carbons (Fsp3) is 0.750. The summed E-state index contributed by atoms with van der Waals surface area (Å²) < 4.78 is 54.4. The maximum Gasteiger partial charge on any atom is 0.573 e. The Morgan fingerprint density at radius 1 is 0.933 bits per heavy atom. The van der Waals surface area contributed by atoms with Gasteiger partial charge in [0.05, 0.1) is 9.52 Å². The highest BCUT2D eigenvalue weighted by molar-refractivity contribution is 6.53. The van der Waals surface area contributed by atoms with Crippen LogP contribution in [0.2, 0.25) is 6.04 Å². The van der Waals surface area contributed by atoms with E-state index in [0.29, 0.717) is 5.92 Å². The zero-order valence-corrected chi connectivity index (χ0v) is 19.6. The minimum absolute atomic E-state index is 0.668. The summed E-state index contributed by atoms with van der Waals surface area (Å²) >= 11 is 0. The molecule has 0 unspecified atom stereocenters. The highest BCUT2D eigenvalue weighted by Gasteiger charge is 2.33. The number of hydrogen-bond donors (Lipinski definition) is 0. The van der Waals surface area contributed by atoms with Crippen LogP contribution in [0.25, 0.3) is 0 Å². The second kappa shape index (κ2) is 11.0. The molecule has 1 nitrogen and oxygen atoms in total. The molecule has 2 fully saturated rings. The van der Waals surface area contributed by atoms with Crippen molar-refractivity contribution in [1.82, 2.24) is 0 Å². The van der Waals surface area contributed by atoms with Crippen molar-refractivity contribution in [2.45, 2.75) is 90.0 Å². The van der Waals surface area contributed by atoms with Gasteiger partial charge in [0.25, 0.3) is 0 Å². The normalized spacial score (nSPS) is 28.2. The largest absolute Gasteiger partial charge is 0.573 e. The maximum absolute atomic E-state index is 13.9. The van der Waals surface area contributed by atoms with Gasteiger partial charge in [0.1, 0.15) is 0 Å². The smallest absolute Gasteiger partial charge is 0.403 e. The summed E-state index contributed by atoms with van der Waals surface area (Å²) in [5, 5.41) is 0.884. The van der Waals surface area contributed by atoms with Crippen molar-refractivity contribution in [3.8, 4) is 5.75 Å². The predicted octanol–water partition coefficient (Wildman–Crippen LogP) is 6.74. The Balaban J connectivity index is 1.38. The number of benzene rings is 1. The van der Waals surface area contributed by atoms with Gasteiger partial charge < -0.3 is 4.74 Å². The van der Waals surface area contributed by atoms with Crippen molar-refractivity contribution in [2.75, 3.05) is 0 Å². The van der Waals surface area contributed by atoms with Crippen LogP contribution in [0.1, 0.15) is 77.6 Å². The van der Waals surface area contributed by atoms with E-state index >= 15 is 0 Å². The Labute approximate surface area is 180 Å². The highest BCUT2D eigenvalue weighted by Crippen LogP contribution is 2.42. The third-order valence-electron chi connectivity index (χ3n) is 7.48. The quantitative estimate of drug-likeness (QED) is 0.319. The maximum atomic E-state index is 13.9. The molecule has 0 spiro atoms. The second-order valence-electron chi connectivity index (χ2n) is 9.56. The van der Waals surface area contributed by atoms with Crippen molar-refractivity contribution in [1.29, 1.82) is 0 Å². The van der Waals surface area contributed by atoms with Crippen LogP contribution in [-0.2, 0) is 0 Å². The van der Waals surface area contributed by atoms with E-state index in [1.165, 1.54) is 76.7 Å². The number of rotatable bonds is 8. The fourth-order valence-electron chi connectivity index (χ4n) is 5.67. The minimum Gasteiger partial charge on any atom is -0.403 e. The van der Waals surface area contributed by atoms with Crippen LogP contribution in [0.4, 0.5) is 17.6 Å². The standard InChI is InChI=1S/C24H36F4OSi/c1-2-3-4-17-5-9-19(10-6-17)20-11-7-18(8-12-20)16-30-21-13-14-23(22(25)15-21)29-24(26,27)28/h13-15,17-20H,2-12,16,30H2,1H3/t17-,18-,19-,20-. The summed E-state index contributed by atoms with van der Waals surface area (Å²) in [6.45, 7) is 2.28. The molecule has 1 aromatic carbocycles. The van der Waals surface area contributed by atoms with E-state index in [2.05, 4.69) is 11.7 Å². The van der Waals surface area contributed by atoms with E-state index in [0.717, 1.165) is 35.1 Å². The van der Waals surface area contributed by atoms with Crippen molar-refractivity contribution in [3.63, 3.8) is 0 Å². The van der Waals surface area contributed by atoms with Crippen LogP contribution in [0.5, 0.6) is 5.75 Å². The van der Waals surface area contributed by atoms with Gasteiger partial charge in [-0.15, -0.1) is 13.2 Å². The second-order valence-corrected chi connectivity index (χ2v) is 11.4. The molecule has 170 valence electrons. The number of hydrogen-bond acceptors (Lipinski definition) is 1. The monoisotopic (exact) mass is 444 g/mol. The van der Waals surface area contributed by atoms with Gasteiger partial charge >= 0.3 is 6.36 Å². The van der Waals surface area contributed by atoms with Crippen LogP contribution in [0.15, 0.2) is 18.2 Å². The van der Waals surface area contributed by atoms with E-state index in [1.807, 2.05) is 0 Å². The van der Waals surface area contributed by atoms with Crippen molar-refractivity contribution >= 4 is 14.7 Å². The molecular weight excluding hydrogens is 408 g/mol. The number of unbranched alkanes of at least 4 members (excludes halogenated alkanes) is 1. The predicted molar refractivity (Wildman–Crippen MR) is 116 cm³/mol. The lowest BCUT2D eigenvalue weighted by molar-refractivity contribution is -0.275. The van der Waals surface area contributed by atoms with E-state index in [-0.39, 0.29) is 0 Å². The Kier molecular flexibility index (Phi) is 8.67. The molecule has 0 atom stereocenters. The van der Waals surface area contributed by atoms with Crippen LogP contribution in [-0.4, -0.2) is 15.9 Å². The number of alkyl halides is 3. The average Bonchev–Trinajstić information content (AvgIpc) is 2.72. The summed E-state index contributed by atoms with van der Waals surface area (Å²) in [7, 11) is -0.668. The van der Waals surface area contributed by atoms with Gasteiger partial charge in [-0.2, -0.15) is 0 Å². The summed E-state index contributed by atoms with van der Waals surface area (Å²) in [5.74, 6) is 1.86. The molecule has 0 heterocycles. The van der Waals surface area contributed by atoms with Crippen molar-refractivity contribution in [3.05, 3.63) is 24.0 Å². The topological polar surface area (TPSA) is 9.23 Å². The molecule has 1 aromatic rings. The summed E-state index contributed by atoms with van der Waals surface area (Å²) in [6.07, 6.45) is 10.2. The lowest BCUT2D eigenvalue weighted by atomic mass is 9.69. The summed E-state index contributed by atoms with van der Waals surface area (Å²) in [6, 6.07) is 5.10. The molecule has 0 bridgehead atoms. The number of ether oxygens (including phenoxy) is 1.